The summed E-state index contributed by atoms with van der Waals surface area (Å²) in [6.45, 7) is 11.4. The molecule has 2 nitrogen and oxygen atoms in total. The normalized spacial score (nSPS) is 11.3. The molecule has 30 heavy (non-hydrogen) atoms. The highest BCUT2D eigenvalue weighted by Gasteiger charge is 2.20. The summed E-state index contributed by atoms with van der Waals surface area (Å²) in [4.78, 5) is 0. The number of rotatable bonds is 9. The summed E-state index contributed by atoms with van der Waals surface area (Å²) in [7, 11) is 0. The fraction of sp³-hybridized carbons (Fsp3) is 0.259. The fourth-order valence-electron chi connectivity index (χ4n) is 3.32. The van der Waals surface area contributed by atoms with Gasteiger partial charge in [0.25, 0.3) is 0 Å². The van der Waals surface area contributed by atoms with Crippen molar-refractivity contribution in [3.05, 3.63) is 107 Å². The topological polar surface area (TPSA) is 18.5 Å². The van der Waals surface area contributed by atoms with Crippen LogP contribution in [0.3, 0.4) is 0 Å². The van der Waals surface area contributed by atoms with Crippen LogP contribution < -0.4 is 4.74 Å². The second kappa shape index (κ2) is 9.97. The molecule has 0 aromatic heterocycles. The van der Waals surface area contributed by atoms with E-state index >= 15 is 0 Å². The first-order chi connectivity index (χ1) is 14.4. The molecule has 0 N–H and O–H groups in total. The fourth-order valence-corrected chi connectivity index (χ4v) is 3.55. The molecule has 0 saturated heterocycles. The van der Waals surface area contributed by atoms with Crippen molar-refractivity contribution in [3.63, 3.8) is 0 Å². The zero-order valence-corrected chi connectivity index (χ0v) is 18.7. The van der Waals surface area contributed by atoms with Crippen LogP contribution in [0.4, 0.5) is 0 Å². The summed E-state index contributed by atoms with van der Waals surface area (Å²) in [6.07, 6.45) is 2.82. The van der Waals surface area contributed by atoms with Crippen LogP contribution in [0, 0.1) is 6.92 Å². The molecule has 0 saturated carbocycles. The summed E-state index contributed by atoms with van der Waals surface area (Å²) in [5.41, 5.74) is 4.56. The number of hydrogen-bond acceptors (Lipinski definition) is 2. The van der Waals surface area contributed by atoms with Crippen LogP contribution in [-0.4, -0.2) is 6.61 Å². The molecule has 3 aromatic carbocycles. The number of hydrogen-bond donors (Lipinski definition) is 0. The van der Waals surface area contributed by atoms with Crippen LogP contribution in [0.1, 0.15) is 36.1 Å². The van der Waals surface area contributed by atoms with Gasteiger partial charge in [0.2, 0.25) is 0 Å². The molecule has 0 aliphatic rings. The third kappa shape index (κ3) is 5.98. The lowest BCUT2D eigenvalue weighted by atomic mass is 9.85. The van der Waals surface area contributed by atoms with E-state index in [1.807, 2.05) is 49.4 Å². The summed E-state index contributed by atoms with van der Waals surface area (Å²) in [5.74, 6) is 1.59. The molecule has 0 atom stereocenters. The number of benzene rings is 3. The zero-order valence-electron chi connectivity index (χ0n) is 18.0. The quantitative estimate of drug-likeness (QED) is 0.331. The number of allylic oxidation sites excluding steroid dienone is 1. The highest BCUT2D eigenvalue weighted by atomic mass is 35.5. The zero-order chi connectivity index (χ0) is 21.6. The first-order valence-corrected chi connectivity index (χ1v) is 10.6. The highest BCUT2D eigenvalue weighted by molar-refractivity contribution is 6.30. The average molecular weight is 421 g/mol. The Morgan fingerprint density at radius 3 is 2.43 bits per heavy atom. The third-order valence-corrected chi connectivity index (χ3v) is 5.35. The lowest BCUT2D eigenvalue weighted by molar-refractivity contribution is 0.0824. The second-order valence-electron chi connectivity index (χ2n) is 8.23. The van der Waals surface area contributed by atoms with Gasteiger partial charge in [-0.15, -0.1) is 6.58 Å². The van der Waals surface area contributed by atoms with Crippen molar-refractivity contribution in [2.24, 2.45) is 0 Å². The van der Waals surface area contributed by atoms with Crippen molar-refractivity contribution in [2.75, 3.05) is 6.61 Å². The predicted octanol–water partition coefficient (Wildman–Crippen LogP) is 7.66. The van der Waals surface area contributed by atoms with E-state index in [1.165, 1.54) is 11.1 Å². The summed E-state index contributed by atoms with van der Waals surface area (Å²) < 4.78 is 12.1. The van der Waals surface area contributed by atoms with E-state index in [4.69, 9.17) is 21.1 Å². The lowest BCUT2D eigenvalue weighted by Gasteiger charge is -2.25. The molecule has 0 radical (unpaired) electrons. The van der Waals surface area contributed by atoms with Gasteiger partial charge < -0.3 is 9.47 Å². The largest absolute Gasteiger partial charge is 0.457 e. The minimum absolute atomic E-state index is 0.0682. The van der Waals surface area contributed by atoms with Crippen LogP contribution in [0.15, 0.2) is 79.4 Å². The van der Waals surface area contributed by atoms with Crippen LogP contribution in [0.25, 0.3) is 0 Å². The maximum atomic E-state index is 6.07. The number of halogens is 1. The van der Waals surface area contributed by atoms with Gasteiger partial charge in [0.1, 0.15) is 11.5 Å². The van der Waals surface area contributed by atoms with Gasteiger partial charge in [0.05, 0.1) is 13.2 Å². The lowest BCUT2D eigenvalue weighted by Crippen LogP contribution is -2.24. The molecule has 0 aliphatic carbocycles. The summed E-state index contributed by atoms with van der Waals surface area (Å²) in [6, 6.07) is 22.3. The molecule has 3 heteroatoms. The van der Waals surface area contributed by atoms with Gasteiger partial charge in [0.15, 0.2) is 0 Å². The van der Waals surface area contributed by atoms with Crippen molar-refractivity contribution >= 4 is 11.6 Å². The van der Waals surface area contributed by atoms with E-state index in [0.717, 1.165) is 29.0 Å². The first kappa shape index (κ1) is 22.1. The summed E-state index contributed by atoms with van der Waals surface area (Å²) >= 11 is 6.03. The van der Waals surface area contributed by atoms with Crippen molar-refractivity contribution in [3.8, 4) is 11.5 Å². The maximum absolute atomic E-state index is 6.07. The standard InChI is InChI=1S/C27H29ClO2/c1-5-7-21-10-12-23(13-11-21)27(3,4)19-29-18-22-8-6-9-25(17-22)30-26-15-14-24(28)16-20(26)2/h5-6,8-17H,1,7,18-19H2,2-4H3. The van der Waals surface area contributed by atoms with Gasteiger partial charge in [-0.05, 0) is 65.9 Å². The van der Waals surface area contributed by atoms with E-state index in [2.05, 4.69) is 50.8 Å². The van der Waals surface area contributed by atoms with E-state index in [1.54, 1.807) is 0 Å². The average Bonchev–Trinajstić information content (AvgIpc) is 2.71. The Morgan fingerprint density at radius 2 is 1.73 bits per heavy atom. The predicted molar refractivity (Wildman–Crippen MR) is 126 cm³/mol. The molecule has 3 rings (SSSR count). The van der Waals surface area contributed by atoms with Gasteiger partial charge in [-0.1, -0.05) is 67.9 Å². The van der Waals surface area contributed by atoms with E-state index in [-0.39, 0.29) is 5.41 Å². The molecular formula is C27H29ClO2. The molecule has 0 bridgehead atoms. The van der Waals surface area contributed by atoms with Crippen molar-refractivity contribution in [1.82, 2.24) is 0 Å². The molecule has 0 amide bonds. The van der Waals surface area contributed by atoms with E-state index in [0.29, 0.717) is 18.2 Å². The minimum Gasteiger partial charge on any atom is -0.457 e. The molecule has 0 heterocycles. The maximum Gasteiger partial charge on any atom is 0.130 e. The molecule has 0 spiro atoms. The summed E-state index contributed by atoms with van der Waals surface area (Å²) in [5, 5.41) is 0.708. The number of ether oxygens (including phenoxy) is 2. The Bertz CT molecular complexity index is 990. The van der Waals surface area contributed by atoms with Gasteiger partial charge in [0, 0.05) is 10.4 Å². The van der Waals surface area contributed by atoms with Crippen molar-refractivity contribution in [2.45, 2.75) is 39.2 Å². The SMILES string of the molecule is C=CCc1ccc(C(C)(C)COCc2cccc(Oc3ccc(Cl)cc3C)c2)cc1. The third-order valence-electron chi connectivity index (χ3n) is 5.11. The van der Waals surface area contributed by atoms with Crippen LogP contribution >= 0.6 is 11.6 Å². The second-order valence-corrected chi connectivity index (χ2v) is 8.66. The van der Waals surface area contributed by atoms with Crippen molar-refractivity contribution in [1.29, 1.82) is 0 Å². The van der Waals surface area contributed by atoms with Crippen LogP contribution in [0.2, 0.25) is 5.02 Å². The van der Waals surface area contributed by atoms with Gasteiger partial charge in [-0.2, -0.15) is 0 Å². The van der Waals surface area contributed by atoms with E-state index < -0.39 is 0 Å². The van der Waals surface area contributed by atoms with Crippen molar-refractivity contribution < 1.29 is 9.47 Å². The van der Waals surface area contributed by atoms with Gasteiger partial charge in [-0.3, -0.25) is 0 Å². The Morgan fingerprint density at radius 1 is 0.967 bits per heavy atom. The van der Waals surface area contributed by atoms with Crippen LogP contribution in [0.5, 0.6) is 11.5 Å². The number of aryl methyl sites for hydroxylation is 1. The Balaban J connectivity index is 1.59. The molecule has 156 valence electrons. The molecule has 0 unspecified atom stereocenters. The van der Waals surface area contributed by atoms with Gasteiger partial charge >= 0.3 is 0 Å². The molecule has 3 aromatic rings. The molecule has 0 fully saturated rings. The monoisotopic (exact) mass is 420 g/mol. The Kier molecular flexibility index (Phi) is 7.36. The van der Waals surface area contributed by atoms with Crippen LogP contribution in [-0.2, 0) is 23.2 Å². The highest BCUT2D eigenvalue weighted by Crippen LogP contribution is 2.28. The van der Waals surface area contributed by atoms with E-state index in [9.17, 15) is 0 Å². The smallest absolute Gasteiger partial charge is 0.130 e. The van der Waals surface area contributed by atoms with Gasteiger partial charge in [-0.25, -0.2) is 0 Å². The first-order valence-electron chi connectivity index (χ1n) is 10.2. The molecule has 0 aliphatic heterocycles. The Hall–Kier alpha value is -2.55. The molecular weight excluding hydrogens is 392 g/mol. The minimum atomic E-state index is -0.0682. The Labute approximate surface area is 185 Å².